The van der Waals surface area contributed by atoms with Gasteiger partial charge in [0.1, 0.15) is 0 Å². The number of amides is 1. The van der Waals surface area contributed by atoms with Crippen molar-refractivity contribution in [3.8, 4) is 0 Å². The van der Waals surface area contributed by atoms with E-state index in [1.807, 2.05) is 24.9 Å². The van der Waals surface area contributed by atoms with Gasteiger partial charge in [0.2, 0.25) is 17.8 Å². The van der Waals surface area contributed by atoms with Gasteiger partial charge < -0.3 is 25.7 Å². The van der Waals surface area contributed by atoms with Crippen molar-refractivity contribution in [3.63, 3.8) is 0 Å². The normalized spacial score (nSPS) is 16.6. The van der Waals surface area contributed by atoms with Gasteiger partial charge in [-0.1, -0.05) is 26.8 Å². The summed E-state index contributed by atoms with van der Waals surface area (Å²) in [5.41, 5.74) is 2.38. The molecule has 32 heavy (non-hydrogen) atoms. The molecule has 0 aliphatic carbocycles. The molecule has 10 heteroatoms. The number of benzene rings is 1. The molecule has 3 N–H and O–H groups in total. The molecule has 0 bridgehead atoms. The Morgan fingerprint density at radius 2 is 1.97 bits per heavy atom. The second kappa shape index (κ2) is 9.73. The molecule has 3 rings (SSSR count). The summed E-state index contributed by atoms with van der Waals surface area (Å²) in [6.07, 6.45) is 0.922. The van der Waals surface area contributed by atoms with E-state index in [0.29, 0.717) is 23.4 Å². The van der Waals surface area contributed by atoms with Crippen LogP contribution >= 0.6 is 0 Å². The maximum absolute atomic E-state index is 12.1. The molecule has 1 atom stereocenters. The minimum atomic E-state index is -0.149. The lowest BCUT2D eigenvalue weighted by atomic mass is 9.96. The number of aryl methyl sites for hydroxylation is 1. The lowest BCUT2D eigenvalue weighted by molar-refractivity contribution is 0.0963. The van der Waals surface area contributed by atoms with Crippen molar-refractivity contribution in [2.75, 3.05) is 49.3 Å². The monoisotopic (exact) mass is 436 g/mol. The zero-order chi connectivity index (χ0) is 23.5. The van der Waals surface area contributed by atoms with E-state index in [0.717, 1.165) is 37.3 Å². The van der Waals surface area contributed by atoms with Gasteiger partial charge in [-0.3, -0.25) is 4.79 Å². The van der Waals surface area contributed by atoms with Crippen molar-refractivity contribution in [2.45, 2.75) is 40.2 Å². The highest BCUT2D eigenvalue weighted by atomic mass is 16.1. The smallest absolute Gasteiger partial charge is 0.251 e. The molecule has 1 aromatic carbocycles. The van der Waals surface area contributed by atoms with Gasteiger partial charge in [0, 0.05) is 44.5 Å². The van der Waals surface area contributed by atoms with Crippen molar-refractivity contribution in [3.05, 3.63) is 29.3 Å². The van der Waals surface area contributed by atoms with Gasteiger partial charge in [0.15, 0.2) is 7.98 Å². The van der Waals surface area contributed by atoms with E-state index in [2.05, 4.69) is 51.7 Å². The summed E-state index contributed by atoms with van der Waals surface area (Å²) in [5, 5.41) is 9.33. The zero-order valence-corrected chi connectivity index (χ0v) is 19.9. The topological polar surface area (TPSA) is 98.3 Å². The third-order valence-corrected chi connectivity index (χ3v) is 5.20. The highest BCUT2D eigenvalue weighted by Gasteiger charge is 2.22. The second-order valence-electron chi connectivity index (χ2n) is 9.56. The first-order valence-corrected chi connectivity index (χ1v) is 10.9. The minimum Gasteiger partial charge on any atom is -0.355 e. The summed E-state index contributed by atoms with van der Waals surface area (Å²) in [6, 6.07) is 5.66. The first-order valence-electron chi connectivity index (χ1n) is 10.9. The molecule has 0 saturated carbocycles. The summed E-state index contributed by atoms with van der Waals surface area (Å²) < 4.78 is 0. The molecule has 1 aliphatic heterocycles. The Bertz CT molecular complexity index is 961. The van der Waals surface area contributed by atoms with Crippen LogP contribution in [0, 0.1) is 12.3 Å². The Hall–Kier alpha value is -2.88. The molecule has 1 aromatic heterocycles. The van der Waals surface area contributed by atoms with Crippen molar-refractivity contribution in [1.29, 1.82) is 0 Å². The molecule has 0 spiro atoms. The fraction of sp³-hybridized carbons (Fsp3) is 0.545. The first-order chi connectivity index (χ1) is 15.0. The Morgan fingerprint density at radius 1 is 1.25 bits per heavy atom. The molecule has 1 fully saturated rings. The van der Waals surface area contributed by atoms with Crippen LogP contribution in [0.5, 0.6) is 0 Å². The molecule has 1 aliphatic rings. The van der Waals surface area contributed by atoms with Gasteiger partial charge in [0.05, 0.1) is 0 Å². The lowest BCUT2D eigenvalue weighted by Gasteiger charge is -2.27. The van der Waals surface area contributed by atoms with Crippen molar-refractivity contribution < 1.29 is 4.79 Å². The van der Waals surface area contributed by atoms with E-state index in [1.54, 1.807) is 24.0 Å². The predicted octanol–water partition coefficient (Wildman–Crippen LogP) is 2.34. The standard InChI is InChI=1S/C22H33BN8O/c1-14-7-8-15(18(32)24-5)11-17(14)26-20-27-19(25-16-9-10-31(23)12-16)28-21(29-20)30(6)13-22(2,3)4/h7-8,11,16H,9-10,12-13H2,1-6H3,(H,24,32)(H2,25,26,27,28,29)/t16-/m1/s1. The van der Waals surface area contributed by atoms with E-state index >= 15 is 0 Å². The van der Waals surface area contributed by atoms with Gasteiger partial charge >= 0.3 is 0 Å². The molecular weight excluding hydrogens is 403 g/mol. The third kappa shape index (κ3) is 6.32. The maximum Gasteiger partial charge on any atom is 0.251 e. The van der Waals surface area contributed by atoms with Crippen LogP contribution in [0.15, 0.2) is 18.2 Å². The largest absolute Gasteiger partial charge is 0.355 e. The van der Waals surface area contributed by atoms with Gasteiger partial charge in [-0.15, -0.1) is 0 Å². The van der Waals surface area contributed by atoms with Crippen molar-refractivity contribution in [1.82, 2.24) is 25.1 Å². The number of aromatic nitrogens is 3. The Labute approximate surface area is 191 Å². The van der Waals surface area contributed by atoms with Gasteiger partial charge in [-0.2, -0.15) is 15.0 Å². The van der Waals surface area contributed by atoms with Crippen molar-refractivity contribution in [2.24, 2.45) is 5.41 Å². The quantitative estimate of drug-likeness (QED) is 0.569. The summed E-state index contributed by atoms with van der Waals surface area (Å²) in [4.78, 5) is 29.8. The molecule has 170 valence electrons. The van der Waals surface area contributed by atoms with Gasteiger partial charge in [0.25, 0.3) is 5.91 Å². The number of hydrogen-bond donors (Lipinski definition) is 3. The van der Waals surface area contributed by atoms with Crippen LogP contribution in [0.3, 0.4) is 0 Å². The van der Waals surface area contributed by atoms with Crippen LogP contribution in [0.25, 0.3) is 0 Å². The number of nitrogens with one attached hydrogen (secondary N) is 3. The fourth-order valence-corrected chi connectivity index (χ4v) is 3.69. The van der Waals surface area contributed by atoms with Gasteiger partial charge in [-0.05, 0) is 43.0 Å². The number of carbonyl (C=O) groups excluding carboxylic acids is 1. The molecule has 2 radical (unpaired) electrons. The molecular formula is C22H33BN8O. The fourth-order valence-electron chi connectivity index (χ4n) is 3.69. The summed E-state index contributed by atoms with van der Waals surface area (Å²) >= 11 is 0. The average molecular weight is 436 g/mol. The first kappa shape index (κ1) is 23.8. The highest BCUT2D eigenvalue weighted by molar-refractivity contribution is 6.04. The molecule has 2 aromatic rings. The molecule has 9 nitrogen and oxygen atoms in total. The van der Waals surface area contributed by atoms with Crippen LogP contribution < -0.4 is 20.9 Å². The Balaban J connectivity index is 1.92. The summed E-state index contributed by atoms with van der Waals surface area (Å²) in [7, 11) is 9.50. The number of hydrogen-bond acceptors (Lipinski definition) is 8. The summed E-state index contributed by atoms with van der Waals surface area (Å²) in [6.45, 7) is 10.8. The number of anilines is 4. The highest BCUT2D eigenvalue weighted by Crippen LogP contribution is 2.24. The Kier molecular flexibility index (Phi) is 7.23. The van der Waals surface area contributed by atoms with E-state index in [-0.39, 0.29) is 17.4 Å². The lowest BCUT2D eigenvalue weighted by Crippen LogP contribution is -2.31. The maximum atomic E-state index is 12.1. The second-order valence-corrected chi connectivity index (χ2v) is 9.56. The Morgan fingerprint density at radius 3 is 2.59 bits per heavy atom. The minimum absolute atomic E-state index is 0.0759. The van der Waals surface area contributed by atoms with Gasteiger partial charge in [-0.25, -0.2) is 0 Å². The molecule has 0 unspecified atom stereocenters. The molecule has 1 amide bonds. The number of rotatable bonds is 7. The SMILES string of the molecule is [B]N1CC[C@@H](Nc2nc(Nc3cc(C(=O)NC)ccc3C)nc(N(C)CC(C)(C)C)n2)C1. The molecule has 2 heterocycles. The molecule has 1 saturated heterocycles. The average Bonchev–Trinajstić information content (AvgIpc) is 3.12. The third-order valence-electron chi connectivity index (χ3n) is 5.20. The van der Waals surface area contributed by atoms with Crippen molar-refractivity contribution >= 4 is 37.4 Å². The number of nitrogens with zero attached hydrogens (tertiary/aromatic N) is 5. The van der Waals surface area contributed by atoms with Crippen LogP contribution in [0.2, 0.25) is 0 Å². The van der Waals surface area contributed by atoms with Crippen LogP contribution in [0.1, 0.15) is 43.1 Å². The zero-order valence-electron chi connectivity index (χ0n) is 19.9. The van der Waals surface area contributed by atoms with E-state index in [1.165, 1.54) is 0 Å². The van der Waals surface area contributed by atoms with Crippen LogP contribution in [-0.4, -0.2) is 73.4 Å². The van der Waals surface area contributed by atoms with E-state index in [4.69, 9.17) is 7.98 Å². The van der Waals surface area contributed by atoms with Crippen LogP contribution in [0.4, 0.5) is 23.5 Å². The number of carbonyl (C=O) groups is 1. The summed E-state index contributed by atoms with van der Waals surface area (Å²) in [5.74, 6) is 1.34. The van der Waals surface area contributed by atoms with E-state index < -0.39 is 0 Å². The van der Waals surface area contributed by atoms with Crippen LogP contribution in [-0.2, 0) is 0 Å². The van der Waals surface area contributed by atoms with E-state index in [9.17, 15) is 4.79 Å². The predicted molar refractivity (Wildman–Crippen MR) is 130 cm³/mol.